The summed E-state index contributed by atoms with van der Waals surface area (Å²) in [6, 6.07) is 8.80. The number of hydrogen-bond donors (Lipinski definition) is 2. The minimum Gasteiger partial charge on any atom is -0.366 e. The molecule has 3 aliphatic carbocycles. The Morgan fingerprint density at radius 3 is 1.14 bits per heavy atom. The number of carbonyl (C=O) groups excluding carboxylic acids is 2. The zero-order chi connectivity index (χ0) is 25.8. The van der Waals surface area contributed by atoms with Crippen LogP contribution in [0, 0.1) is 10.8 Å². The molecule has 2 amide bonds. The van der Waals surface area contributed by atoms with Crippen LogP contribution in [0.25, 0.3) is 11.1 Å². The van der Waals surface area contributed by atoms with E-state index in [0.717, 1.165) is 24.3 Å². The molecule has 4 nitrogen and oxygen atoms in total. The van der Waals surface area contributed by atoms with E-state index in [1.165, 1.54) is 36.4 Å². The van der Waals surface area contributed by atoms with Crippen molar-refractivity contribution in [3.63, 3.8) is 0 Å². The normalized spacial score (nSPS) is 24.4. The van der Waals surface area contributed by atoms with E-state index in [9.17, 15) is 35.9 Å². The summed E-state index contributed by atoms with van der Waals surface area (Å²) in [5.74, 6) is -1.51. The zero-order valence-corrected chi connectivity index (χ0v) is 18.1. The summed E-state index contributed by atoms with van der Waals surface area (Å²) >= 11 is 0. The van der Waals surface area contributed by atoms with Crippen LogP contribution in [0.4, 0.5) is 26.3 Å². The Hall–Kier alpha value is -3.56. The van der Waals surface area contributed by atoms with Gasteiger partial charge in [-0.25, -0.2) is 0 Å². The Kier molecular flexibility index (Phi) is 5.61. The van der Waals surface area contributed by atoms with Gasteiger partial charge in [0, 0.05) is 12.2 Å². The van der Waals surface area contributed by atoms with Gasteiger partial charge < -0.3 is 11.5 Å². The zero-order valence-electron chi connectivity index (χ0n) is 18.1. The average molecular weight is 494 g/mol. The Labute approximate surface area is 196 Å². The van der Waals surface area contributed by atoms with Gasteiger partial charge in [0.15, 0.2) is 0 Å². The maximum Gasteiger partial charge on any atom is 0.416 e. The Bertz CT molecular complexity index is 1120. The summed E-state index contributed by atoms with van der Waals surface area (Å²) in [4.78, 5) is 23.4. The second-order valence-electron chi connectivity index (χ2n) is 9.16. The minimum atomic E-state index is -4.51. The summed E-state index contributed by atoms with van der Waals surface area (Å²) in [6.45, 7) is 0. The number of benzene rings is 2. The second-order valence-corrected chi connectivity index (χ2v) is 9.16. The van der Waals surface area contributed by atoms with Gasteiger partial charge in [-0.05, 0) is 76.6 Å². The summed E-state index contributed by atoms with van der Waals surface area (Å²) in [5, 5.41) is 0. The Balaban J connectivity index is 1.64. The number of alkyl halides is 6. The van der Waals surface area contributed by atoms with Gasteiger partial charge in [0.05, 0.1) is 11.1 Å². The van der Waals surface area contributed by atoms with Crippen molar-refractivity contribution in [1.82, 2.24) is 0 Å². The summed E-state index contributed by atoms with van der Waals surface area (Å²) in [5.41, 5.74) is 9.76. The van der Waals surface area contributed by atoms with Crippen molar-refractivity contribution in [2.75, 3.05) is 0 Å². The van der Waals surface area contributed by atoms with E-state index >= 15 is 0 Å². The van der Waals surface area contributed by atoms with Crippen molar-refractivity contribution in [1.29, 1.82) is 0 Å². The molecule has 0 unspecified atom stereocenters. The van der Waals surface area contributed by atoms with Crippen LogP contribution in [-0.4, -0.2) is 11.8 Å². The quantitative estimate of drug-likeness (QED) is 0.420. The van der Waals surface area contributed by atoms with Crippen LogP contribution in [0.15, 0.2) is 60.7 Å². The molecule has 2 aromatic carbocycles. The molecule has 3 saturated carbocycles. The van der Waals surface area contributed by atoms with Crippen LogP contribution >= 0.6 is 0 Å². The van der Waals surface area contributed by atoms with Crippen molar-refractivity contribution in [3.05, 3.63) is 82.9 Å². The molecule has 35 heavy (non-hydrogen) atoms. The summed E-state index contributed by atoms with van der Waals surface area (Å²) in [7, 11) is 0. The lowest BCUT2D eigenvalue weighted by atomic mass is 9.30. The van der Waals surface area contributed by atoms with E-state index in [1.807, 2.05) is 0 Å². The molecule has 3 aliphatic rings. The molecule has 0 spiro atoms. The van der Waals surface area contributed by atoms with E-state index in [2.05, 4.69) is 0 Å². The number of nitrogens with two attached hydrogens (primary N) is 2. The molecule has 10 heteroatoms. The van der Waals surface area contributed by atoms with Crippen LogP contribution in [0.3, 0.4) is 0 Å². The monoisotopic (exact) mass is 494 g/mol. The number of primary amides is 2. The van der Waals surface area contributed by atoms with Crippen molar-refractivity contribution in [2.45, 2.75) is 31.6 Å². The predicted octanol–water partition coefficient (Wildman–Crippen LogP) is 5.33. The molecule has 2 aromatic rings. The number of halogens is 6. The summed E-state index contributed by atoms with van der Waals surface area (Å²) < 4.78 is 77.7. The lowest BCUT2D eigenvalue weighted by molar-refractivity contribution is -0.138. The lowest BCUT2D eigenvalue weighted by Gasteiger charge is -2.72. The van der Waals surface area contributed by atoms with Crippen LogP contribution in [0.2, 0.25) is 0 Å². The van der Waals surface area contributed by atoms with E-state index in [-0.39, 0.29) is 0 Å². The standard InChI is InChI=1S/C25H20F6N2O2/c26-24(27,28)16-5-1-14(2-6-16)18(9-20(32)34)22-11-23(12-22,13-22)19(10-21(33)35)15-3-7-17(8-4-15)25(29,30)31/h1-10H,11-13H2,(H2,32,34)(H2,33,35). The first-order valence-corrected chi connectivity index (χ1v) is 10.5. The van der Waals surface area contributed by atoms with Crippen molar-refractivity contribution in [3.8, 4) is 0 Å². The van der Waals surface area contributed by atoms with Crippen LogP contribution in [0.1, 0.15) is 41.5 Å². The molecule has 0 aliphatic heterocycles. The molecule has 0 heterocycles. The van der Waals surface area contributed by atoms with E-state index in [1.54, 1.807) is 0 Å². The fraction of sp³-hybridized carbons (Fsp3) is 0.280. The highest BCUT2D eigenvalue weighted by Crippen LogP contribution is 2.81. The third-order valence-electron chi connectivity index (χ3n) is 6.79. The summed E-state index contributed by atoms with van der Waals surface area (Å²) in [6.07, 6.45) is -5.34. The molecule has 4 N–H and O–H groups in total. The molecule has 2 bridgehead atoms. The predicted molar refractivity (Wildman–Crippen MR) is 116 cm³/mol. The first kappa shape index (κ1) is 24.6. The highest BCUT2D eigenvalue weighted by atomic mass is 19.4. The van der Waals surface area contributed by atoms with Crippen molar-refractivity contribution >= 4 is 23.0 Å². The van der Waals surface area contributed by atoms with Crippen molar-refractivity contribution in [2.24, 2.45) is 22.3 Å². The lowest BCUT2D eigenvalue weighted by Crippen LogP contribution is -2.62. The van der Waals surface area contributed by atoms with E-state index < -0.39 is 46.1 Å². The first-order valence-electron chi connectivity index (χ1n) is 10.5. The fourth-order valence-corrected chi connectivity index (χ4v) is 5.41. The van der Waals surface area contributed by atoms with Gasteiger partial charge in [-0.1, -0.05) is 24.3 Å². The first-order chi connectivity index (χ1) is 16.2. The van der Waals surface area contributed by atoms with Gasteiger partial charge in [-0.2, -0.15) is 26.3 Å². The van der Waals surface area contributed by atoms with Gasteiger partial charge in [-0.15, -0.1) is 0 Å². The van der Waals surface area contributed by atoms with E-state index in [4.69, 9.17) is 11.5 Å². The fourth-order valence-electron chi connectivity index (χ4n) is 5.41. The number of allylic oxidation sites excluding steroid dienone is 2. The Morgan fingerprint density at radius 1 is 0.629 bits per heavy atom. The number of rotatable bonds is 6. The van der Waals surface area contributed by atoms with Crippen LogP contribution < -0.4 is 11.5 Å². The van der Waals surface area contributed by atoms with Gasteiger partial charge in [0.2, 0.25) is 11.8 Å². The number of amides is 2. The highest BCUT2D eigenvalue weighted by Gasteiger charge is 2.70. The van der Waals surface area contributed by atoms with Crippen LogP contribution in [0.5, 0.6) is 0 Å². The molecule has 0 atom stereocenters. The average Bonchev–Trinajstić information content (AvgIpc) is 2.69. The van der Waals surface area contributed by atoms with Crippen molar-refractivity contribution < 1.29 is 35.9 Å². The number of hydrogen-bond acceptors (Lipinski definition) is 2. The van der Waals surface area contributed by atoms with Gasteiger partial charge in [0.25, 0.3) is 0 Å². The maximum atomic E-state index is 12.9. The minimum absolute atomic E-state index is 0.417. The van der Waals surface area contributed by atoms with E-state index in [0.29, 0.717) is 41.5 Å². The molecule has 0 aromatic heterocycles. The molecule has 5 rings (SSSR count). The maximum absolute atomic E-state index is 12.9. The SMILES string of the molecule is NC(=O)C=C(c1ccc(C(F)(F)F)cc1)C12CC(C(=CC(N)=O)c3ccc(C(F)(F)F)cc3)(C1)C2. The van der Waals surface area contributed by atoms with Crippen LogP contribution in [-0.2, 0) is 21.9 Å². The second kappa shape index (κ2) is 8.00. The largest absolute Gasteiger partial charge is 0.416 e. The molecule has 184 valence electrons. The molecule has 0 saturated heterocycles. The molecule has 3 fully saturated rings. The molecule has 0 radical (unpaired) electrons. The highest BCUT2D eigenvalue weighted by molar-refractivity contribution is 5.99. The third-order valence-corrected chi connectivity index (χ3v) is 6.79. The van der Waals surface area contributed by atoms with Gasteiger partial charge in [0.1, 0.15) is 0 Å². The molecular weight excluding hydrogens is 474 g/mol. The third kappa shape index (κ3) is 4.44. The molecular formula is C25H20F6N2O2. The topological polar surface area (TPSA) is 86.2 Å². The van der Waals surface area contributed by atoms with Gasteiger partial charge in [-0.3, -0.25) is 9.59 Å². The van der Waals surface area contributed by atoms with Gasteiger partial charge >= 0.3 is 12.4 Å². The number of carbonyl (C=O) groups is 2. The Morgan fingerprint density at radius 2 is 0.914 bits per heavy atom. The smallest absolute Gasteiger partial charge is 0.366 e.